The van der Waals surface area contributed by atoms with E-state index < -0.39 is 0 Å². The summed E-state index contributed by atoms with van der Waals surface area (Å²) in [5.74, 6) is 1.39. The van der Waals surface area contributed by atoms with Crippen LogP contribution in [-0.4, -0.2) is 24.8 Å². The molecule has 0 amide bonds. The number of nitrogens with one attached hydrogen (secondary N) is 1. The lowest BCUT2D eigenvalue weighted by Gasteiger charge is -1.98. The summed E-state index contributed by atoms with van der Waals surface area (Å²) in [6.07, 6.45) is 1.63. The molecule has 11 heteroatoms. The predicted molar refractivity (Wildman–Crippen MR) is 97.4 cm³/mol. The second-order valence-corrected chi connectivity index (χ2v) is 8.36. The first-order valence-electron chi connectivity index (χ1n) is 7.26. The predicted octanol–water partition coefficient (Wildman–Crippen LogP) is 2.81. The molecule has 0 atom stereocenters. The molecular weight excluding hydrogens is 380 g/mol. The van der Waals surface area contributed by atoms with E-state index >= 15 is 0 Å². The highest BCUT2D eigenvalue weighted by Gasteiger charge is 2.10. The molecule has 1 N–H and O–H groups in total. The van der Waals surface area contributed by atoms with E-state index in [4.69, 9.17) is 4.42 Å². The molecule has 4 rings (SSSR count). The molecule has 0 bridgehead atoms. The minimum atomic E-state index is -0.164. The van der Waals surface area contributed by atoms with Gasteiger partial charge in [-0.2, -0.15) is 9.61 Å². The molecule has 4 aromatic heterocycles. The molecule has 0 radical (unpaired) electrons. The third-order valence-corrected chi connectivity index (χ3v) is 6.01. The van der Waals surface area contributed by atoms with Gasteiger partial charge in [0.15, 0.2) is 4.34 Å². The van der Waals surface area contributed by atoms with Gasteiger partial charge in [-0.1, -0.05) is 34.4 Å². The van der Waals surface area contributed by atoms with Crippen LogP contribution in [0.4, 0.5) is 5.13 Å². The minimum Gasteiger partial charge on any atom is -0.467 e. The fourth-order valence-corrected chi connectivity index (χ4v) is 4.48. The third kappa shape index (κ3) is 3.72. The van der Waals surface area contributed by atoms with Crippen LogP contribution in [0.25, 0.3) is 4.96 Å². The van der Waals surface area contributed by atoms with Crippen LogP contribution in [0.1, 0.15) is 16.5 Å². The van der Waals surface area contributed by atoms with Crippen LogP contribution in [0.15, 0.2) is 38.0 Å². The number of furan rings is 1. The fraction of sp³-hybridized carbons (Fsp3) is 0.214. The van der Waals surface area contributed by atoms with Crippen LogP contribution in [-0.2, 0) is 12.3 Å². The first kappa shape index (κ1) is 16.2. The van der Waals surface area contributed by atoms with Gasteiger partial charge in [-0.3, -0.25) is 4.79 Å². The zero-order valence-corrected chi connectivity index (χ0v) is 15.5. The summed E-state index contributed by atoms with van der Waals surface area (Å²) in [6, 6.07) is 5.25. The van der Waals surface area contributed by atoms with Gasteiger partial charge in [0.2, 0.25) is 10.1 Å². The lowest BCUT2D eigenvalue weighted by molar-refractivity contribution is 0.518. The van der Waals surface area contributed by atoms with Crippen molar-refractivity contribution in [2.45, 2.75) is 23.6 Å². The van der Waals surface area contributed by atoms with E-state index in [0.717, 1.165) is 20.2 Å². The normalized spacial score (nSPS) is 11.2. The monoisotopic (exact) mass is 392 g/mol. The van der Waals surface area contributed by atoms with Crippen molar-refractivity contribution >= 4 is 44.5 Å². The average molecular weight is 392 g/mol. The second kappa shape index (κ2) is 6.94. The van der Waals surface area contributed by atoms with Gasteiger partial charge >= 0.3 is 0 Å². The van der Waals surface area contributed by atoms with Crippen LogP contribution >= 0.6 is 34.4 Å². The first-order valence-corrected chi connectivity index (χ1v) is 9.88. The van der Waals surface area contributed by atoms with Crippen molar-refractivity contribution in [2.75, 3.05) is 5.32 Å². The van der Waals surface area contributed by atoms with Gasteiger partial charge < -0.3 is 9.73 Å². The molecule has 8 nitrogen and oxygen atoms in total. The van der Waals surface area contributed by atoms with E-state index in [1.165, 1.54) is 45.0 Å². The number of thioether (sulfide) groups is 1. The minimum absolute atomic E-state index is 0.164. The molecule has 0 aliphatic rings. The SMILES string of the molecule is Cc1nn2c(=O)cc(CSc3nnc(NCc4ccco4)s3)nc2s1. The quantitative estimate of drug-likeness (QED) is 0.500. The number of aromatic nitrogens is 5. The third-order valence-electron chi connectivity index (χ3n) is 3.14. The zero-order valence-electron chi connectivity index (χ0n) is 13.0. The maximum Gasteiger partial charge on any atom is 0.275 e. The number of hydrogen-bond donors (Lipinski definition) is 1. The van der Waals surface area contributed by atoms with Crippen molar-refractivity contribution in [1.82, 2.24) is 24.8 Å². The summed E-state index contributed by atoms with van der Waals surface area (Å²) in [6.45, 7) is 2.41. The molecule has 0 aromatic carbocycles. The van der Waals surface area contributed by atoms with E-state index in [1.807, 2.05) is 19.1 Å². The average Bonchev–Trinajstić information content (AvgIpc) is 3.31. The Morgan fingerprint density at radius 3 is 3.12 bits per heavy atom. The van der Waals surface area contributed by atoms with Crippen molar-refractivity contribution in [3.63, 3.8) is 0 Å². The molecule has 0 aliphatic heterocycles. The van der Waals surface area contributed by atoms with E-state index in [1.54, 1.807) is 6.26 Å². The molecule has 0 aliphatic carbocycles. The lowest BCUT2D eigenvalue weighted by Crippen LogP contribution is -2.15. The number of hydrogen-bond acceptors (Lipinski definition) is 10. The summed E-state index contributed by atoms with van der Waals surface area (Å²) < 4.78 is 7.40. The Kier molecular flexibility index (Phi) is 4.51. The van der Waals surface area contributed by atoms with Crippen molar-refractivity contribution in [2.24, 2.45) is 0 Å². The number of fused-ring (bicyclic) bond motifs is 1. The summed E-state index contributed by atoms with van der Waals surface area (Å²) in [5, 5.41) is 17.1. The Morgan fingerprint density at radius 2 is 2.28 bits per heavy atom. The molecule has 25 heavy (non-hydrogen) atoms. The molecule has 4 heterocycles. The van der Waals surface area contributed by atoms with Crippen LogP contribution in [0.2, 0.25) is 0 Å². The van der Waals surface area contributed by atoms with Gasteiger partial charge in [-0.05, 0) is 19.1 Å². The Labute approximate surface area is 153 Å². The molecule has 128 valence electrons. The first-order chi connectivity index (χ1) is 12.2. The maximum atomic E-state index is 12.0. The van der Waals surface area contributed by atoms with Gasteiger partial charge in [0.05, 0.1) is 18.5 Å². The van der Waals surface area contributed by atoms with E-state index in [-0.39, 0.29) is 5.56 Å². The van der Waals surface area contributed by atoms with Crippen LogP contribution < -0.4 is 10.9 Å². The Bertz CT molecular complexity index is 1050. The van der Waals surface area contributed by atoms with Gasteiger partial charge in [0, 0.05) is 11.8 Å². The standard InChI is InChI=1S/C14H12N6O2S3/c1-8-19-20-11(21)5-9(16-13(20)24-8)7-23-14-18-17-12(25-14)15-6-10-3-2-4-22-10/h2-5H,6-7H2,1H3,(H,15,17). The summed E-state index contributed by atoms with van der Waals surface area (Å²) >= 11 is 4.35. The highest BCUT2D eigenvalue weighted by Crippen LogP contribution is 2.28. The number of aryl methyl sites for hydroxylation is 1. The highest BCUT2D eigenvalue weighted by molar-refractivity contribution is 8.00. The summed E-state index contributed by atoms with van der Waals surface area (Å²) in [7, 11) is 0. The van der Waals surface area contributed by atoms with Gasteiger partial charge in [0.25, 0.3) is 5.56 Å². The molecule has 0 saturated carbocycles. The molecule has 0 unspecified atom stereocenters. The van der Waals surface area contributed by atoms with Crippen LogP contribution in [0, 0.1) is 6.92 Å². The van der Waals surface area contributed by atoms with Crippen LogP contribution in [0.5, 0.6) is 0 Å². The van der Waals surface area contributed by atoms with Crippen molar-refractivity contribution in [1.29, 1.82) is 0 Å². The van der Waals surface area contributed by atoms with E-state index in [0.29, 0.717) is 23.0 Å². The Hall–Kier alpha value is -2.24. The van der Waals surface area contributed by atoms with Crippen molar-refractivity contribution in [3.8, 4) is 0 Å². The van der Waals surface area contributed by atoms with Crippen molar-refractivity contribution in [3.05, 3.63) is 51.3 Å². The van der Waals surface area contributed by atoms with Crippen molar-refractivity contribution < 1.29 is 4.42 Å². The number of rotatable bonds is 6. The van der Waals surface area contributed by atoms with Gasteiger partial charge in [-0.25, -0.2) is 4.98 Å². The van der Waals surface area contributed by atoms with Crippen LogP contribution in [0.3, 0.4) is 0 Å². The Morgan fingerprint density at radius 1 is 1.36 bits per heavy atom. The second-order valence-electron chi connectivity index (χ2n) is 5.00. The zero-order chi connectivity index (χ0) is 17.2. The topological polar surface area (TPSA) is 98.2 Å². The molecule has 0 saturated heterocycles. The highest BCUT2D eigenvalue weighted by atomic mass is 32.2. The Balaban J connectivity index is 1.40. The summed E-state index contributed by atoms with van der Waals surface area (Å²) in [5.41, 5.74) is 0.543. The molecular formula is C14H12N6O2S3. The molecule has 0 fully saturated rings. The number of nitrogens with zero attached hydrogens (tertiary/aromatic N) is 5. The van der Waals surface area contributed by atoms with E-state index in [9.17, 15) is 4.79 Å². The van der Waals surface area contributed by atoms with Gasteiger partial charge in [-0.15, -0.1) is 10.2 Å². The van der Waals surface area contributed by atoms with Gasteiger partial charge in [0.1, 0.15) is 10.8 Å². The largest absolute Gasteiger partial charge is 0.467 e. The molecule has 4 aromatic rings. The fourth-order valence-electron chi connectivity index (χ4n) is 2.08. The summed E-state index contributed by atoms with van der Waals surface area (Å²) in [4.78, 5) is 17.1. The maximum absolute atomic E-state index is 12.0. The smallest absolute Gasteiger partial charge is 0.275 e. The molecule has 0 spiro atoms. The van der Waals surface area contributed by atoms with E-state index in [2.05, 4.69) is 25.6 Å². The lowest BCUT2D eigenvalue weighted by atomic mass is 10.4. The number of anilines is 1.